The molecule has 0 saturated carbocycles. The number of aryl methyl sites for hydroxylation is 1. The highest BCUT2D eigenvalue weighted by atomic mass is 16.3. The van der Waals surface area contributed by atoms with Crippen LogP contribution in [0.25, 0.3) is 0 Å². The number of amides is 1. The monoisotopic (exact) mass is 293 g/mol. The standard InChI is InChI=1S/C15H23N3O3/c1-3-5-11-6-10(7-14(17-11)16-4-2)15(21)18-8-12(19)13(20)9-18/h6-7,12-13,19-20H,3-5,8-9H2,1-2H3,(H,16,17). The Morgan fingerprint density at radius 2 is 2.00 bits per heavy atom. The highest BCUT2D eigenvalue weighted by Gasteiger charge is 2.33. The Morgan fingerprint density at radius 3 is 2.57 bits per heavy atom. The molecule has 0 aliphatic carbocycles. The number of aliphatic hydroxyl groups is 2. The molecule has 21 heavy (non-hydrogen) atoms. The molecule has 6 heteroatoms. The van der Waals surface area contributed by atoms with Gasteiger partial charge in [0.2, 0.25) is 0 Å². The molecule has 2 heterocycles. The van der Waals surface area contributed by atoms with Crippen LogP contribution in [0.4, 0.5) is 5.82 Å². The van der Waals surface area contributed by atoms with Gasteiger partial charge in [0.25, 0.3) is 5.91 Å². The summed E-state index contributed by atoms with van der Waals surface area (Å²) in [6, 6.07) is 3.52. The number of nitrogens with zero attached hydrogens (tertiary/aromatic N) is 2. The number of carbonyl (C=O) groups excluding carboxylic acids is 1. The Hall–Kier alpha value is -1.66. The maximum atomic E-state index is 12.5. The summed E-state index contributed by atoms with van der Waals surface area (Å²) in [6.07, 6.45) is 0.0422. The second-order valence-corrected chi connectivity index (χ2v) is 5.36. The summed E-state index contributed by atoms with van der Waals surface area (Å²) in [5.74, 6) is 0.511. The largest absolute Gasteiger partial charge is 0.388 e. The summed E-state index contributed by atoms with van der Waals surface area (Å²) in [6.45, 7) is 5.11. The molecule has 1 aromatic rings. The van der Waals surface area contributed by atoms with Crippen molar-refractivity contribution in [2.75, 3.05) is 25.0 Å². The predicted molar refractivity (Wildman–Crippen MR) is 80.3 cm³/mol. The zero-order valence-electron chi connectivity index (χ0n) is 12.5. The fraction of sp³-hybridized carbons (Fsp3) is 0.600. The highest BCUT2D eigenvalue weighted by molar-refractivity contribution is 5.95. The minimum absolute atomic E-state index is 0.169. The number of anilines is 1. The van der Waals surface area contributed by atoms with Crippen LogP contribution in [-0.4, -0.2) is 57.8 Å². The first-order chi connectivity index (χ1) is 10.0. The smallest absolute Gasteiger partial charge is 0.254 e. The Balaban J connectivity index is 2.23. The highest BCUT2D eigenvalue weighted by Crippen LogP contribution is 2.18. The number of hydrogen-bond acceptors (Lipinski definition) is 5. The summed E-state index contributed by atoms with van der Waals surface area (Å²) in [7, 11) is 0. The summed E-state index contributed by atoms with van der Waals surface area (Å²) < 4.78 is 0. The fourth-order valence-electron chi connectivity index (χ4n) is 2.48. The van der Waals surface area contributed by atoms with E-state index in [0.717, 1.165) is 25.1 Å². The van der Waals surface area contributed by atoms with Crippen molar-refractivity contribution < 1.29 is 15.0 Å². The first-order valence-corrected chi connectivity index (χ1v) is 7.45. The summed E-state index contributed by atoms with van der Waals surface area (Å²) >= 11 is 0. The van der Waals surface area contributed by atoms with E-state index in [9.17, 15) is 15.0 Å². The summed E-state index contributed by atoms with van der Waals surface area (Å²) in [5, 5.41) is 22.3. The van der Waals surface area contributed by atoms with Gasteiger partial charge < -0.3 is 20.4 Å². The van der Waals surface area contributed by atoms with Crippen molar-refractivity contribution in [3.05, 3.63) is 23.4 Å². The third-order valence-corrected chi connectivity index (χ3v) is 3.54. The summed E-state index contributed by atoms with van der Waals surface area (Å²) in [5.41, 5.74) is 1.42. The third-order valence-electron chi connectivity index (χ3n) is 3.54. The van der Waals surface area contributed by atoms with Gasteiger partial charge >= 0.3 is 0 Å². The van der Waals surface area contributed by atoms with Gasteiger partial charge in [0.15, 0.2) is 0 Å². The molecule has 2 atom stereocenters. The number of pyridine rings is 1. The molecule has 1 fully saturated rings. The van der Waals surface area contributed by atoms with E-state index in [1.165, 1.54) is 4.90 Å². The zero-order chi connectivity index (χ0) is 15.4. The number of hydrogen-bond donors (Lipinski definition) is 3. The molecule has 1 aliphatic rings. The Bertz CT molecular complexity index is 473. The average molecular weight is 293 g/mol. The molecule has 0 spiro atoms. The molecule has 3 N–H and O–H groups in total. The van der Waals surface area contributed by atoms with Crippen LogP contribution in [0, 0.1) is 0 Å². The van der Waals surface area contributed by atoms with Crippen LogP contribution in [0.5, 0.6) is 0 Å². The van der Waals surface area contributed by atoms with Crippen molar-refractivity contribution in [1.82, 2.24) is 9.88 Å². The average Bonchev–Trinajstić information content (AvgIpc) is 2.78. The van der Waals surface area contributed by atoms with Gasteiger partial charge in [0, 0.05) is 30.9 Å². The van der Waals surface area contributed by atoms with Crippen LogP contribution in [0.3, 0.4) is 0 Å². The normalized spacial score (nSPS) is 21.6. The summed E-state index contributed by atoms with van der Waals surface area (Å²) in [4.78, 5) is 18.5. The second-order valence-electron chi connectivity index (χ2n) is 5.36. The van der Waals surface area contributed by atoms with E-state index in [-0.39, 0.29) is 19.0 Å². The lowest BCUT2D eigenvalue weighted by molar-refractivity contribution is 0.0572. The number of rotatable bonds is 5. The number of aromatic nitrogens is 1. The van der Waals surface area contributed by atoms with E-state index in [1.54, 1.807) is 12.1 Å². The number of nitrogens with one attached hydrogen (secondary N) is 1. The van der Waals surface area contributed by atoms with Gasteiger partial charge in [0.05, 0.1) is 12.2 Å². The maximum Gasteiger partial charge on any atom is 0.254 e. The SMILES string of the molecule is CCCc1cc(C(=O)N2CC(O)C(O)C2)cc(NCC)n1. The fourth-order valence-corrected chi connectivity index (χ4v) is 2.48. The zero-order valence-corrected chi connectivity index (χ0v) is 12.5. The quantitative estimate of drug-likeness (QED) is 0.742. The molecule has 1 amide bonds. The maximum absolute atomic E-state index is 12.5. The number of β-amino-alcohol motifs (C(OH)–C–C–N with tert-alkyl or cyclic N) is 2. The van der Waals surface area contributed by atoms with E-state index < -0.39 is 12.2 Å². The molecule has 0 bridgehead atoms. The van der Waals surface area contributed by atoms with Crippen LogP contribution in [0.1, 0.15) is 36.3 Å². The second kappa shape index (κ2) is 6.87. The lowest BCUT2D eigenvalue weighted by Crippen LogP contribution is -2.30. The number of aliphatic hydroxyl groups excluding tert-OH is 2. The molecule has 0 aromatic carbocycles. The minimum Gasteiger partial charge on any atom is -0.388 e. The number of carbonyl (C=O) groups is 1. The lowest BCUT2D eigenvalue weighted by Gasteiger charge is -2.17. The van der Waals surface area contributed by atoms with Gasteiger partial charge in [-0.1, -0.05) is 13.3 Å². The van der Waals surface area contributed by atoms with Crippen molar-refractivity contribution >= 4 is 11.7 Å². The molecule has 0 radical (unpaired) electrons. The molecule has 6 nitrogen and oxygen atoms in total. The van der Waals surface area contributed by atoms with Crippen molar-refractivity contribution in [2.24, 2.45) is 0 Å². The van der Waals surface area contributed by atoms with Crippen molar-refractivity contribution in [3.63, 3.8) is 0 Å². The topological polar surface area (TPSA) is 85.7 Å². The Kier molecular flexibility index (Phi) is 5.14. The molecular weight excluding hydrogens is 270 g/mol. The lowest BCUT2D eigenvalue weighted by atomic mass is 10.1. The third kappa shape index (κ3) is 3.71. The van der Waals surface area contributed by atoms with Gasteiger partial charge in [-0.15, -0.1) is 0 Å². The van der Waals surface area contributed by atoms with Gasteiger partial charge in [-0.05, 0) is 25.5 Å². The van der Waals surface area contributed by atoms with Crippen molar-refractivity contribution in [3.8, 4) is 0 Å². The Labute approximate surface area is 124 Å². The van der Waals surface area contributed by atoms with E-state index in [4.69, 9.17) is 0 Å². The van der Waals surface area contributed by atoms with Gasteiger partial charge in [-0.2, -0.15) is 0 Å². The molecule has 116 valence electrons. The first kappa shape index (κ1) is 15.7. The van der Waals surface area contributed by atoms with Crippen LogP contribution < -0.4 is 5.32 Å². The van der Waals surface area contributed by atoms with Crippen molar-refractivity contribution in [1.29, 1.82) is 0 Å². The van der Waals surface area contributed by atoms with Crippen LogP contribution in [0.15, 0.2) is 12.1 Å². The van der Waals surface area contributed by atoms with Gasteiger partial charge in [0.1, 0.15) is 5.82 Å². The molecule has 1 aromatic heterocycles. The van der Waals surface area contributed by atoms with E-state index >= 15 is 0 Å². The molecule has 1 saturated heterocycles. The molecular formula is C15H23N3O3. The Morgan fingerprint density at radius 1 is 1.33 bits per heavy atom. The van der Waals surface area contributed by atoms with E-state index in [0.29, 0.717) is 11.4 Å². The van der Waals surface area contributed by atoms with Crippen molar-refractivity contribution in [2.45, 2.75) is 38.9 Å². The molecule has 1 aliphatic heterocycles. The van der Waals surface area contributed by atoms with Crippen LogP contribution in [0.2, 0.25) is 0 Å². The van der Waals surface area contributed by atoms with Crippen LogP contribution >= 0.6 is 0 Å². The van der Waals surface area contributed by atoms with Gasteiger partial charge in [-0.25, -0.2) is 4.98 Å². The first-order valence-electron chi connectivity index (χ1n) is 7.45. The minimum atomic E-state index is -0.862. The van der Waals surface area contributed by atoms with E-state index in [1.807, 2.05) is 6.92 Å². The molecule has 2 rings (SSSR count). The van der Waals surface area contributed by atoms with E-state index in [2.05, 4.69) is 17.2 Å². The number of likely N-dealkylation sites (tertiary alicyclic amines) is 1. The molecule has 2 unspecified atom stereocenters. The van der Waals surface area contributed by atoms with Crippen LogP contribution in [-0.2, 0) is 6.42 Å². The predicted octanol–water partition coefficient (Wildman–Crippen LogP) is 0.643. The van der Waals surface area contributed by atoms with Gasteiger partial charge in [-0.3, -0.25) is 4.79 Å².